The quantitative estimate of drug-likeness (QED) is 0.690. The average molecular weight is 484 g/mol. The van der Waals surface area contributed by atoms with Crippen molar-refractivity contribution in [3.8, 4) is 0 Å². The molecule has 0 bridgehead atoms. The number of benzene rings is 1. The molecular formula is C14H18Br3N3O. The Morgan fingerprint density at radius 3 is 2.52 bits per heavy atom. The Balaban J connectivity index is 2.05. The average Bonchev–Trinajstić information content (AvgIpc) is 2.36. The van der Waals surface area contributed by atoms with Gasteiger partial charge in [-0.1, -0.05) is 15.9 Å². The smallest absolute Gasteiger partial charge is 0.238 e. The van der Waals surface area contributed by atoms with Crippen molar-refractivity contribution in [3.63, 3.8) is 0 Å². The second kappa shape index (κ2) is 7.08. The summed E-state index contributed by atoms with van der Waals surface area (Å²) in [5, 5.41) is 6.33. The van der Waals surface area contributed by atoms with Gasteiger partial charge < -0.3 is 10.6 Å². The molecule has 1 aliphatic rings. The molecule has 2 rings (SSSR count). The van der Waals surface area contributed by atoms with E-state index in [0.717, 1.165) is 38.7 Å². The van der Waals surface area contributed by atoms with Crippen molar-refractivity contribution < 1.29 is 4.79 Å². The summed E-state index contributed by atoms with van der Waals surface area (Å²) in [5.74, 6) is -0.00584. The van der Waals surface area contributed by atoms with E-state index >= 15 is 0 Å². The van der Waals surface area contributed by atoms with E-state index in [-0.39, 0.29) is 11.4 Å². The number of anilines is 1. The van der Waals surface area contributed by atoms with Crippen LogP contribution in [0.4, 0.5) is 5.69 Å². The largest absolute Gasteiger partial charge is 0.323 e. The molecule has 7 heteroatoms. The third-order valence-electron chi connectivity index (χ3n) is 3.58. The molecule has 0 aromatic heterocycles. The standard InChI is InChI=1S/C14H18Br3N3O/c1-14(2)8-18-3-4-20(14)7-12(21)19-13-10(16)5-9(15)6-11(13)17/h5-6,18H,3-4,7-8H2,1-2H3,(H,19,21). The number of piperazine rings is 1. The molecule has 0 aliphatic carbocycles. The van der Waals surface area contributed by atoms with Gasteiger partial charge in [-0.2, -0.15) is 0 Å². The minimum atomic E-state index is -0.0101. The Morgan fingerprint density at radius 1 is 1.33 bits per heavy atom. The predicted octanol–water partition coefficient (Wildman–Crippen LogP) is 3.60. The van der Waals surface area contributed by atoms with Gasteiger partial charge in [0.15, 0.2) is 0 Å². The lowest BCUT2D eigenvalue weighted by Crippen LogP contribution is -2.59. The summed E-state index contributed by atoms with van der Waals surface area (Å²) in [6, 6.07) is 3.82. The maximum Gasteiger partial charge on any atom is 0.238 e. The zero-order valence-electron chi connectivity index (χ0n) is 12.0. The fraction of sp³-hybridized carbons (Fsp3) is 0.500. The van der Waals surface area contributed by atoms with Gasteiger partial charge in [-0.15, -0.1) is 0 Å². The fourth-order valence-corrected chi connectivity index (χ4v) is 4.79. The molecule has 1 heterocycles. The minimum absolute atomic E-state index is 0.00584. The van der Waals surface area contributed by atoms with E-state index in [1.54, 1.807) is 0 Å². The van der Waals surface area contributed by atoms with Crippen molar-refractivity contribution in [2.75, 3.05) is 31.5 Å². The van der Waals surface area contributed by atoms with E-state index in [1.807, 2.05) is 12.1 Å². The van der Waals surface area contributed by atoms with Gasteiger partial charge in [-0.05, 0) is 57.8 Å². The van der Waals surface area contributed by atoms with Crippen molar-refractivity contribution in [2.24, 2.45) is 0 Å². The minimum Gasteiger partial charge on any atom is -0.323 e. The summed E-state index contributed by atoms with van der Waals surface area (Å²) >= 11 is 10.4. The first kappa shape index (κ1) is 17.4. The molecule has 116 valence electrons. The lowest BCUT2D eigenvalue weighted by Gasteiger charge is -2.42. The molecule has 0 atom stereocenters. The van der Waals surface area contributed by atoms with Crippen molar-refractivity contribution in [1.29, 1.82) is 0 Å². The number of amides is 1. The monoisotopic (exact) mass is 481 g/mol. The van der Waals surface area contributed by atoms with Crippen LogP contribution >= 0.6 is 47.8 Å². The third kappa shape index (κ3) is 4.51. The first-order valence-electron chi connectivity index (χ1n) is 6.70. The van der Waals surface area contributed by atoms with Crippen LogP contribution in [-0.2, 0) is 4.79 Å². The maximum absolute atomic E-state index is 12.3. The Bertz CT molecular complexity index is 525. The lowest BCUT2D eigenvalue weighted by molar-refractivity contribution is -0.119. The van der Waals surface area contributed by atoms with Gasteiger partial charge in [-0.25, -0.2) is 0 Å². The van der Waals surface area contributed by atoms with Gasteiger partial charge in [0.1, 0.15) is 0 Å². The van der Waals surface area contributed by atoms with Crippen molar-refractivity contribution in [1.82, 2.24) is 10.2 Å². The van der Waals surface area contributed by atoms with Gasteiger partial charge in [0.2, 0.25) is 5.91 Å². The summed E-state index contributed by atoms with van der Waals surface area (Å²) in [6.07, 6.45) is 0. The van der Waals surface area contributed by atoms with E-state index in [9.17, 15) is 4.79 Å². The number of nitrogens with zero attached hydrogens (tertiary/aromatic N) is 1. The Hall–Kier alpha value is 0.0500. The summed E-state index contributed by atoms with van der Waals surface area (Å²) in [7, 11) is 0. The second-order valence-corrected chi connectivity index (χ2v) is 8.33. The molecule has 1 aromatic rings. The summed E-state index contributed by atoms with van der Waals surface area (Å²) in [6.45, 7) is 7.39. The zero-order valence-corrected chi connectivity index (χ0v) is 16.7. The highest BCUT2D eigenvalue weighted by Crippen LogP contribution is 2.34. The number of halogens is 3. The number of carbonyl (C=O) groups excluding carboxylic acids is 1. The molecule has 4 nitrogen and oxygen atoms in total. The second-order valence-electron chi connectivity index (χ2n) is 5.70. The van der Waals surface area contributed by atoms with Crippen LogP contribution in [0.5, 0.6) is 0 Å². The number of hydrogen-bond donors (Lipinski definition) is 2. The van der Waals surface area contributed by atoms with Crippen LogP contribution in [0.25, 0.3) is 0 Å². The highest BCUT2D eigenvalue weighted by Gasteiger charge is 2.30. The van der Waals surface area contributed by atoms with Gasteiger partial charge in [0.25, 0.3) is 0 Å². The summed E-state index contributed by atoms with van der Waals surface area (Å²) in [4.78, 5) is 14.5. The van der Waals surface area contributed by atoms with E-state index < -0.39 is 0 Å². The molecule has 21 heavy (non-hydrogen) atoms. The zero-order chi connectivity index (χ0) is 15.6. The molecule has 0 spiro atoms. The van der Waals surface area contributed by atoms with Gasteiger partial charge in [0.05, 0.1) is 12.2 Å². The molecule has 1 fully saturated rings. The number of carbonyl (C=O) groups is 1. The van der Waals surface area contributed by atoms with Crippen LogP contribution in [-0.4, -0.2) is 42.5 Å². The summed E-state index contributed by atoms with van der Waals surface area (Å²) in [5.41, 5.74) is 0.750. The maximum atomic E-state index is 12.3. The number of nitrogens with one attached hydrogen (secondary N) is 2. The van der Waals surface area contributed by atoms with E-state index in [0.29, 0.717) is 6.54 Å². The Morgan fingerprint density at radius 2 is 1.95 bits per heavy atom. The van der Waals surface area contributed by atoms with Gasteiger partial charge in [0, 0.05) is 38.6 Å². The van der Waals surface area contributed by atoms with Crippen LogP contribution in [0.3, 0.4) is 0 Å². The van der Waals surface area contributed by atoms with Crippen molar-refractivity contribution in [3.05, 3.63) is 25.6 Å². The van der Waals surface area contributed by atoms with E-state index in [1.165, 1.54) is 0 Å². The first-order valence-corrected chi connectivity index (χ1v) is 9.08. The van der Waals surface area contributed by atoms with Gasteiger partial charge in [-0.3, -0.25) is 9.69 Å². The topological polar surface area (TPSA) is 44.4 Å². The highest BCUT2D eigenvalue weighted by molar-refractivity contribution is 9.11. The van der Waals surface area contributed by atoms with Crippen LogP contribution in [0.1, 0.15) is 13.8 Å². The van der Waals surface area contributed by atoms with Crippen LogP contribution < -0.4 is 10.6 Å². The molecule has 0 radical (unpaired) electrons. The molecular weight excluding hydrogens is 466 g/mol. The number of hydrogen-bond acceptors (Lipinski definition) is 3. The van der Waals surface area contributed by atoms with E-state index in [4.69, 9.17) is 0 Å². The highest BCUT2D eigenvalue weighted by atomic mass is 79.9. The SMILES string of the molecule is CC1(C)CNCCN1CC(=O)Nc1c(Br)cc(Br)cc1Br. The fourth-order valence-electron chi connectivity index (χ4n) is 2.33. The molecule has 0 saturated carbocycles. The normalized spacial score (nSPS) is 18.5. The molecule has 2 N–H and O–H groups in total. The lowest BCUT2D eigenvalue weighted by atomic mass is 10.0. The summed E-state index contributed by atoms with van der Waals surface area (Å²) < 4.78 is 2.64. The van der Waals surface area contributed by atoms with Gasteiger partial charge >= 0.3 is 0 Å². The van der Waals surface area contributed by atoms with Crippen LogP contribution in [0.15, 0.2) is 25.6 Å². The molecule has 0 unspecified atom stereocenters. The Labute approximate surface area is 150 Å². The molecule has 1 aliphatic heterocycles. The third-order valence-corrected chi connectivity index (χ3v) is 5.29. The molecule has 1 aromatic carbocycles. The van der Waals surface area contributed by atoms with E-state index in [2.05, 4.69) is 77.2 Å². The molecule has 1 amide bonds. The van der Waals surface area contributed by atoms with Crippen LogP contribution in [0, 0.1) is 0 Å². The number of rotatable bonds is 3. The first-order chi connectivity index (χ1) is 9.79. The van der Waals surface area contributed by atoms with Crippen molar-refractivity contribution in [2.45, 2.75) is 19.4 Å². The van der Waals surface area contributed by atoms with Crippen LogP contribution in [0.2, 0.25) is 0 Å². The predicted molar refractivity (Wildman–Crippen MR) is 96.7 cm³/mol. The van der Waals surface area contributed by atoms with Crippen molar-refractivity contribution >= 4 is 59.4 Å². The molecule has 1 saturated heterocycles. The Kier molecular flexibility index (Phi) is 5.87.